The third kappa shape index (κ3) is 4.88. The summed E-state index contributed by atoms with van der Waals surface area (Å²) in [6, 6.07) is 41.5. The van der Waals surface area contributed by atoms with Crippen molar-refractivity contribution in [1.29, 1.82) is 0 Å². The van der Waals surface area contributed by atoms with Crippen LogP contribution >= 0.6 is 7.26 Å². The molecule has 4 aromatic carbocycles. The summed E-state index contributed by atoms with van der Waals surface area (Å²) in [6.07, 6.45) is 0. The molecule has 184 valence electrons. The summed E-state index contributed by atoms with van der Waals surface area (Å²) in [4.78, 5) is 15.3. The van der Waals surface area contributed by atoms with Crippen LogP contribution in [0.2, 0.25) is 0 Å². The van der Waals surface area contributed by atoms with E-state index in [1.54, 1.807) is 0 Å². The molecule has 4 aromatic rings. The van der Waals surface area contributed by atoms with E-state index in [1.807, 2.05) is 17.0 Å². The fraction of sp³-hybridized carbons (Fsp3) is 0.242. The molecule has 0 aliphatic carbocycles. The molecule has 4 rings (SSSR count). The Balaban J connectivity index is 1.86. The van der Waals surface area contributed by atoms with Crippen LogP contribution in [0.5, 0.6) is 0 Å². The Bertz CT molecular complexity index is 1150. The van der Waals surface area contributed by atoms with Crippen LogP contribution in [-0.2, 0) is 0 Å². The number of nitrogens with zero attached hydrogens (tertiary/aromatic N) is 1. The van der Waals surface area contributed by atoms with Gasteiger partial charge in [0.05, 0.1) is 0 Å². The fourth-order valence-corrected chi connectivity index (χ4v) is 10.2. The number of carbonyl (C=O) groups excluding carboxylic acids is 1. The molecule has 0 spiro atoms. The summed E-state index contributed by atoms with van der Waals surface area (Å²) in [5.41, 5.74) is 2.22. The zero-order valence-electron chi connectivity index (χ0n) is 22.0. The minimum absolute atomic E-state index is 0.0921. The predicted molar refractivity (Wildman–Crippen MR) is 156 cm³/mol. The molecule has 0 aliphatic rings. The molecule has 0 aromatic heterocycles. The van der Waals surface area contributed by atoms with Crippen molar-refractivity contribution < 1.29 is 4.79 Å². The highest BCUT2D eigenvalue weighted by molar-refractivity contribution is 7.95. The van der Waals surface area contributed by atoms with Gasteiger partial charge in [-0.2, -0.15) is 0 Å². The molecule has 0 fully saturated rings. The van der Waals surface area contributed by atoms with Gasteiger partial charge in [-0.25, -0.2) is 0 Å². The van der Waals surface area contributed by atoms with Crippen molar-refractivity contribution in [2.75, 3.05) is 0 Å². The third-order valence-corrected chi connectivity index (χ3v) is 11.9. The first-order valence-corrected chi connectivity index (χ1v) is 14.7. The highest BCUT2D eigenvalue weighted by atomic mass is 31.2. The van der Waals surface area contributed by atoms with E-state index in [1.165, 1.54) is 21.5 Å². The van der Waals surface area contributed by atoms with Crippen LogP contribution in [0.25, 0.3) is 0 Å². The van der Waals surface area contributed by atoms with Crippen LogP contribution in [0.3, 0.4) is 0 Å². The Labute approximate surface area is 217 Å². The second kappa shape index (κ2) is 11.2. The van der Waals surface area contributed by atoms with Crippen molar-refractivity contribution in [3.8, 4) is 0 Å². The molecular formula is C33H37NOP+. The predicted octanol–water partition coefficient (Wildman–Crippen LogP) is 7.00. The zero-order valence-corrected chi connectivity index (χ0v) is 22.9. The maximum Gasteiger partial charge on any atom is 0.254 e. The van der Waals surface area contributed by atoms with E-state index in [-0.39, 0.29) is 23.6 Å². The molecule has 0 saturated heterocycles. The van der Waals surface area contributed by atoms with Crippen molar-refractivity contribution in [1.82, 2.24) is 4.90 Å². The Kier molecular flexibility index (Phi) is 8.07. The first kappa shape index (κ1) is 25.9. The SMILES string of the molecule is CC(C)N(C(=O)c1ccc(C(C)[P+](c2ccccc2)(c2ccccc2)c2ccccc2)cc1)C(C)C. The smallest absolute Gasteiger partial charge is 0.254 e. The van der Waals surface area contributed by atoms with Crippen molar-refractivity contribution in [2.45, 2.75) is 52.4 Å². The van der Waals surface area contributed by atoms with Crippen LogP contribution < -0.4 is 15.9 Å². The van der Waals surface area contributed by atoms with Crippen LogP contribution in [0.15, 0.2) is 115 Å². The molecule has 0 bridgehead atoms. The second-order valence-corrected chi connectivity index (χ2v) is 13.7. The Morgan fingerprint density at radius 1 is 0.556 bits per heavy atom. The van der Waals surface area contributed by atoms with Crippen molar-refractivity contribution in [3.05, 3.63) is 126 Å². The molecule has 0 radical (unpaired) electrons. The molecule has 1 unspecified atom stereocenters. The number of carbonyl (C=O) groups is 1. The van der Waals surface area contributed by atoms with Crippen LogP contribution in [-0.4, -0.2) is 22.9 Å². The normalized spacial score (nSPS) is 12.5. The van der Waals surface area contributed by atoms with Gasteiger partial charge in [-0.3, -0.25) is 4.79 Å². The standard InChI is InChI=1S/C33H37NOP/c1-25(2)34(26(3)4)33(35)29-23-21-28(22-24-29)27(5)36(30-15-9-6-10-16-30,31-17-11-7-12-18-31)32-19-13-8-14-20-32/h6-27H,1-5H3/q+1. The third-order valence-electron chi connectivity index (χ3n) is 7.06. The van der Waals surface area contributed by atoms with E-state index < -0.39 is 7.26 Å². The lowest BCUT2D eigenvalue weighted by Gasteiger charge is -2.33. The molecule has 0 N–H and O–H groups in total. The van der Waals surface area contributed by atoms with Gasteiger partial charge >= 0.3 is 0 Å². The monoisotopic (exact) mass is 494 g/mol. The van der Waals surface area contributed by atoms with Crippen molar-refractivity contribution >= 4 is 29.1 Å². The number of rotatable bonds is 8. The Morgan fingerprint density at radius 3 is 1.25 bits per heavy atom. The van der Waals surface area contributed by atoms with Gasteiger partial charge in [0.2, 0.25) is 0 Å². The van der Waals surface area contributed by atoms with E-state index in [2.05, 4.69) is 138 Å². The Hall–Kier alpha value is -3.22. The largest absolute Gasteiger partial charge is 0.334 e. The first-order valence-electron chi connectivity index (χ1n) is 12.9. The molecule has 0 heterocycles. The molecular weight excluding hydrogens is 457 g/mol. The lowest BCUT2D eigenvalue weighted by atomic mass is 10.1. The lowest BCUT2D eigenvalue weighted by molar-refractivity contribution is 0.0643. The summed E-state index contributed by atoms with van der Waals surface area (Å²) in [6.45, 7) is 10.7. The summed E-state index contributed by atoms with van der Waals surface area (Å²) in [5, 5.41) is 4.09. The number of hydrogen-bond acceptors (Lipinski definition) is 1. The minimum Gasteiger partial charge on any atom is -0.334 e. The maximum atomic E-state index is 13.3. The number of benzene rings is 4. The lowest BCUT2D eigenvalue weighted by Crippen LogP contribution is -2.42. The van der Waals surface area contributed by atoms with Crippen LogP contribution in [0.4, 0.5) is 0 Å². The van der Waals surface area contributed by atoms with Crippen LogP contribution in [0, 0.1) is 0 Å². The zero-order chi connectivity index (χ0) is 25.7. The summed E-state index contributed by atoms with van der Waals surface area (Å²) >= 11 is 0. The molecule has 36 heavy (non-hydrogen) atoms. The van der Waals surface area contributed by atoms with E-state index in [0.717, 1.165) is 5.56 Å². The highest BCUT2D eigenvalue weighted by Crippen LogP contribution is 2.66. The second-order valence-electron chi connectivity index (χ2n) is 9.93. The molecule has 1 atom stereocenters. The minimum atomic E-state index is -2.05. The van der Waals surface area contributed by atoms with E-state index in [4.69, 9.17) is 0 Å². The van der Waals surface area contributed by atoms with Gasteiger partial charge in [-0.15, -0.1) is 0 Å². The van der Waals surface area contributed by atoms with E-state index in [0.29, 0.717) is 0 Å². The van der Waals surface area contributed by atoms with Gasteiger partial charge in [-0.05, 0) is 88.7 Å². The quantitative estimate of drug-likeness (QED) is 0.242. The fourth-order valence-electron chi connectivity index (χ4n) is 5.45. The van der Waals surface area contributed by atoms with Gasteiger partial charge in [0.15, 0.2) is 0 Å². The van der Waals surface area contributed by atoms with Crippen molar-refractivity contribution in [3.63, 3.8) is 0 Å². The van der Waals surface area contributed by atoms with Gasteiger partial charge in [0, 0.05) is 17.6 Å². The summed E-state index contributed by atoms with van der Waals surface area (Å²) in [5.74, 6) is 0.0921. The van der Waals surface area contributed by atoms with Gasteiger partial charge < -0.3 is 4.90 Å². The molecule has 0 aliphatic heterocycles. The van der Waals surface area contributed by atoms with Crippen LogP contribution in [0.1, 0.15) is 56.2 Å². The van der Waals surface area contributed by atoms with Gasteiger partial charge in [0.25, 0.3) is 5.91 Å². The molecule has 1 amide bonds. The molecule has 2 nitrogen and oxygen atoms in total. The highest BCUT2D eigenvalue weighted by Gasteiger charge is 2.50. The van der Waals surface area contributed by atoms with E-state index >= 15 is 0 Å². The van der Waals surface area contributed by atoms with Gasteiger partial charge in [-0.1, -0.05) is 66.7 Å². The average Bonchev–Trinajstić information content (AvgIpc) is 2.90. The molecule has 3 heteroatoms. The van der Waals surface area contributed by atoms with E-state index in [9.17, 15) is 4.79 Å². The molecule has 0 saturated carbocycles. The summed E-state index contributed by atoms with van der Waals surface area (Å²) < 4.78 is 0. The Morgan fingerprint density at radius 2 is 0.917 bits per heavy atom. The summed E-state index contributed by atoms with van der Waals surface area (Å²) in [7, 11) is -2.05. The topological polar surface area (TPSA) is 20.3 Å². The number of amides is 1. The average molecular weight is 495 g/mol. The first-order chi connectivity index (χ1) is 17.4. The van der Waals surface area contributed by atoms with Gasteiger partial charge in [0.1, 0.15) is 28.8 Å². The number of hydrogen-bond donors (Lipinski definition) is 0. The van der Waals surface area contributed by atoms with Crippen molar-refractivity contribution in [2.24, 2.45) is 0 Å². The maximum absolute atomic E-state index is 13.3.